The Labute approximate surface area is 108 Å². The van der Waals surface area contributed by atoms with E-state index in [2.05, 4.69) is 10.1 Å². The van der Waals surface area contributed by atoms with Gasteiger partial charge in [0.15, 0.2) is 0 Å². The van der Waals surface area contributed by atoms with Gasteiger partial charge < -0.3 is 10.1 Å². The first-order valence-electron chi connectivity index (χ1n) is 5.08. The largest absolute Gasteiger partial charge is 0.433 e. The summed E-state index contributed by atoms with van der Waals surface area (Å²) in [6.45, 7) is 0.631. The van der Waals surface area contributed by atoms with Gasteiger partial charge in [-0.25, -0.2) is 0 Å². The summed E-state index contributed by atoms with van der Waals surface area (Å²) in [5.74, 6) is -0.444. The van der Waals surface area contributed by atoms with Gasteiger partial charge >= 0.3 is 6.61 Å². The van der Waals surface area contributed by atoms with E-state index in [-0.39, 0.29) is 16.7 Å². The summed E-state index contributed by atoms with van der Waals surface area (Å²) in [6.07, 6.45) is 1.41. The van der Waals surface area contributed by atoms with Gasteiger partial charge in [-0.1, -0.05) is 17.2 Å². The zero-order valence-electron chi connectivity index (χ0n) is 9.84. The summed E-state index contributed by atoms with van der Waals surface area (Å²) in [5.41, 5.74) is 1.25. The first kappa shape index (κ1) is 14.4. The summed E-state index contributed by atoms with van der Waals surface area (Å²) in [5, 5.41) is 2.56. The number of anilines is 1. The van der Waals surface area contributed by atoms with Crippen molar-refractivity contribution >= 4 is 23.2 Å². The normalized spacial score (nSPS) is 10.1. The summed E-state index contributed by atoms with van der Waals surface area (Å²) < 4.78 is 28.2. The number of halogens is 3. The average Bonchev–Trinajstić information content (AvgIpc) is 2.20. The van der Waals surface area contributed by atoms with Crippen LogP contribution >= 0.6 is 11.6 Å². The molecular weight excluding hydrogens is 264 g/mol. The van der Waals surface area contributed by atoms with E-state index >= 15 is 0 Å². The maximum Gasteiger partial charge on any atom is 0.387 e. The van der Waals surface area contributed by atoms with Crippen molar-refractivity contribution in [1.82, 2.24) is 0 Å². The number of amides is 1. The van der Waals surface area contributed by atoms with E-state index in [0.717, 1.165) is 5.57 Å². The fraction of sp³-hybridized carbons (Fsp3) is 0.250. The van der Waals surface area contributed by atoms with E-state index in [0.29, 0.717) is 5.69 Å². The molecule has 18 heavy (non-hydrogen) atoms. The third-order valence-electron chi connectivity index (χ3n) is 1.84. The Balaban J connectivity index is 2.78. The summed E-state index contributed by atoms with van der Waals surface area (Å²) in [4.78, 5) is 11.4. The summed E-state index contributed by atoms with van der Waals surface area (Å²) >= 11 is 5.74. The number of ether oxygens (including phenoxy) is 1. The number of rotatable bonds is 4. The highest BCUT2D eigenvalue weighted by Gasteiger charge is 2.09. The predicted molar refractivity (Wildman–Crippen MR) is 66.1 cm³/mol. The van der Waals surface area contributed by atoms with Crippen LogP contribution in [0.25, 0.3) is 0 Å². The molecule has 0 aromatic heterocycles. The van der Waals surface area contributed by atoms with Gasteiger partial charge in [0.05, 0.1) is 5.02 Å². The van der Waals surface area contributed by atoms with Crippen LogP contribution in [0.15, 0.2) is 29.8 Å². The molecule has 0 aliphatic rings. The lowest BCUT2D eigenvalue weighted by Crippen LogP contribution is -2.08. The van der Waals surface area contributed by atoms with Gasteiger partial charge in [0.25, 0.3) is 0 Å². The van der Waals surface area contributed by atoms with Crippen LogP contribution in [0.2, 0.25) is 5.02 Å². The van der Waals surface area contributed by atoms with Crippen molar-refractivity contribution in [3.8, 4) is 5.75 Å². The van der Waals surface area contributed by atoms with Gasteiger partial charge in [0.2, 0.25) is 5.91 Å². The van der Waals surface area contributed by atoms with Crippen molar-refractivity contribution in [1.29, 1.82) is 0 Å². The Morgan fingerprint density at radius 1 is 1.44 bits per heavy atom. The number of alkyl halides is 2. The van der Waals surface area contributed by atoms with Crippen molar-refractivity contribution in [2.24, 2.45) is 0 Å². The van der Waals surface area contributed by atoms with Crippen LogP contribution in [0.3, 0.4) is 0 Å². The number of allylic oxidation sites excluding steroid dienone is 1. The molecule has 6 heteroatoms. The fourth-order valence-electron chi connectivity index (χ4n) is 1.21. The first-order valence-corrected chi connectivity index (χ1v) is 5.46. The minimum Gasteiger partial charge on any atom is -0.433 e. The van der Waals surface area contributed by atoms with Crippen LogP contribution in [-0.2, 0) is 4.79 Å². The van der Waals surface area contributed by atoms with Crippen LogP contribution in [-0.4, -0.2) is 12.5 Å². The van der Waals surface area contributed by atoms with Crippen molar-refractivity contribution in [3.05, 3.63) is 34.9 Å². The highest BCUT2D eigenvalue weighted by Crippen LogP contribution is 2.28. The first-order chi connectivity index (χ1) is 8.38. The van der Waals surface area contributed by atoms with Crippen molar-refractivity contribution < 1.29 is 18.3 Å². The quantitative estimate of drug-likeness (QED) is 0.848. The number of hydrogen-bond acceptors (Lipinski definition) is 2. The molecular formula is C12H12ClF2NO2. The molecule has 98 valence electrons. The second kappa shape index (κ2) is 6.35. The van der Waals surface area contributed by atoms with Crippen LogP contribution in [0.4, 0.5) is 14.5 Å². The average molecular weight is 276 g/mol. The van der Waals surface area contributed by atoms with Crippen LogP contribution < -0.4 is 10.1 Å². The Morgan fingerprint density at radius 3 is 2.61 bits per heavy atom. The Bertz CT molecular complexity index is 471. The molecule has 0 radical (unpaired) electrons. The minimum absolute atomic E-state index is 0.00491. The van der Waals surface area contributed by atoms with E-state index in [1.54, 1.807) is 13.8 Å². The number of carbonyl (C=O) groups excluding carboxylic acids is 1. The van der Waals surface area contributed by atoms with Crippen LogP contribution in [0, 0.1) is 0 Å². The third-order valence-corrected chi connectivity index (χ3v) is 2.13. The molecule has 1 N–H and O–H groups in total. The maximum absolute atomic E-state index is 12.0. The topological polar surface area (TPSA) is 38.3 Å². The van der Waals surface area contributed by atoms with E-state index in [1.165, 1.54) is 24.3 Å². The van der Waals surface area contributed by atoms with Gasteiger partial charge in [-0.2, -0.15) is 8.78 Å². The molecule has 1 amide bonds. The van der Waals surface area contributed by atoms with Gasteiger partial charge in [-0.3, -0.25) is 4.79 Å². The smallest absolute Gasteiger partial charge is 0.387 e. The van der Waals surface area contributed by atoms with Crippen LogP contribution in [0.5, 0.6) is 5.75 Å². The van der Waals surface area contributed by atoms with Gasteiger partial charge in [-0.15, -0.1) is 0 Å². The summed E-state index contributed by atoms with van der Waals surface area (Å²) in [6, 6.07) is 4.04. The van der Waals surface area contributed by atoms with Crippen molar-refractivity contribution in [3.63, 3.8) is 0 Å². The molecule has 0 heterocycles. The zero-order valence-corrected chi connectivity index (χ0v) is 10.6. The molecule has 0 fully saturated rings. The Hall–Kier alpha value is -1.62. The van der Waals surface area contributed by atoms with Crippen LogP contribution in [0.1, 0.15) is 13.8 Å². The summed E-state index contributed by atoms with van der Waals surface area (Å²) in [7, 11) is 0. The van der Waals surface area contributed by atoms with E-state index < -0.39 is 6.61 Å². The fourth-order valence-corrected chi connectivity index (χ4v) is 1.44. The predicted octanol–water partition coefficient (Wildman–Crippen LogP) is 3.85. The second-order valence-electron chi connectivity index (χ2n) is 3.73. The lowest BCUT2D eigenvalue weighted by Gasteiger charge is -2.08. The molecule has 0 bridgehead atoms. The molecule has 0 aliphatic heterocycles. The third kappa shape index (κ3) is 4.71. The number of hydrogen-bond donors (Lipinski definition) is 1. The van der Waals surface area contributed by atoms with Gasteiger partial charge in [0, 0.05) is 11.8 Å². The highest BCUT2D eigenvalue weighted by atomic mass is 35.5. The monoisotopic (exact) mass is 275 g/mol. The minimum atomic E-state index is -2.94. The molecule has 1 rings (SSSR count). The van der Waals surface area contributed by atoms with E-state index in [4.69, 9.17) is 11.6 Å². The number of benzene rings is 1. The van der Waals surface area contributed by atoms with E-state index in [9.17, 15) is 13.6 Å². The molecule has 0 saturated heterocycles. The number of nitrogens with one attached hydrogen (secondary N) is 1. The molecule has 0 saturated carbocycles. The van der Waals surface area contributed by atoms with Crippen molar-refractivity contribution in [2.45, 2.75) is 20.5 Å². The van der Waals surface area contributed by atoms with Gasteiger partial charge in [0.1, 0.15) is 5.75 Å². The highest BCUT2D eigenvalue weighted by molar-refractivity contribution is 6.32. The molecule has 0 atom stereocenters. The van der Waals surface area contributed by atoms with Crippen molar-refractivity contribution in [2.75, 3.05) is 5.32 Å². The Morgan fingerprint density at radius 2 is 2.11 bits per heavy atom. The lowest BCUT2D eigenvalue weighted by molar-refractivity contribution is -0.112. The molecule has 3 nitrogen and oxygen atoms in total. The van der Waals surface area contributed by atoms with Gasteiger partial charge in [-0.05, 0) is 32.0 Å². The molecule has 0 aliphatic carbocycles. The number of carbonyl (C=O) groups is 1. The van der Waals surface area contributed by atoms with E-state index in [1.807, 2.05) is 0 Å². The molecule has 0 unspecified atom stereocenters. The second-order valence-corrected chi connectivity index (χ2v) is 4.14. The standard InChI is InChI=1S/C12H12ClF2NO2/c1-7(2)5-11(17)16-8-3-4-10(9(13)6-8)18-12(14)15/h3-6,12H,1-2H3,(H,16,17). The zero-order chi connectivity index (χ0) is 13.7. The lowest BCUT2D eigenvalue weighted by atomic mass is 10.2. The molecule has 1 aromatic rings. The SMILES string of the molecule is CC(C)=CC(=O)Nc1ccc(OC(F)F)c(Cl)c1. The molecule has 0 spiro atoms. The molecule has 1 aromatic carbocycles. The Kier molecular flexibility index (Phi) is 5.09. The maximum atomic E-state index is 12.0.